The van der Waals surface area contributed by atoms with Crippen molar-refractivity contribution in [1.82, 2.24) is 19.7 Å². The number of aromatic nitrogens is 3. The minimum atomic E-state index is -0.822. The Balaban J connectivity index is 1.57. The molecule has 1 aliphatic rings. The first-order valence-corrected chi connectivity index (χ1v) is 7.33. The molecule has 0 bridgehead atoms. The molecule has 2 aromatic rings. The molecule has 2 heterocycles. The second kappa shape index (κ2) is 6.72. The summed E-state index contributed by atoms with van der Waals surface area (Å²) in [5, 5.41) is 4.10. The Hall–Kier alpha value is -2.51. The Bertz CT molecular complexity index is 678. The molecule has 1 saturated heterocycles. The average Bonchev–Trinajstić information content (AvgIpc) is 3.08. The van der Waals surface area contributed by atoms with Crippen molar-refractivity contribution in [2.45, 2.75) is 18.9 Å². The molecule has 3 rings (SSSR count). The van der Waals surface area contributed by atoms with Crippen molar-refractivity contribution in [2.75, 3.05) is 19.7 Å². The molecule has 1 aromatic carbocycles. The zero-order valence-electron chi connectivity index (χ0n) is 12.4. The summed E-state index contributed by atoms with van der Waals surface area (Å²) in [6.07, 6.45) is 4.85. The molecule has 1 unspecified atom stereocenters. The molecule has 0 saturated carbocycles. The van der Waals surface area contributed by atoms with E-state index in [0.717, 1.165) is 25.0 Å². The number of hydrogen-bond acceptors (Lipinski definition) is 4. The normalized spacial score (nSPS) is 18.0. The van der Waals surface area contributed by atoms with E-state index < -0.39 is 11.6 Å². The van der Waals surface area contributed by atoms with E-state index in [1.807, 2.05) is 0 Å². The summed E-state index contributed by atoms with van der Waals surface area (Å²) >= 11 is 0. The number of rotatable bonds is 4. The number of benzene rings is 1. The lowest BCUT2D eigenvalue weighted by atomic mass is 10.1. The number of ether oxygens (including phenoxy) is 1. The highest BCUT2D eigenvalue weighted by atomic mass is 19.1. The number of carbonyl (C=O) groups is 1. The molecule has 0 radical (unpaired) electrons. The van der Waals surface area contributed by atoms with Crippen LogP contribution >= 0.6 is 0 Å². The summed E-state index contributed by atoms with van der Waals surface area (Å²) in [5.74, 6) is -1.88. The Morgan fingerprint density at radius 1 is 1.39 bits per heavy atom. The van der Waals surface area contributed by atoms with E-state index in [0.29, 0.717) is 13.1 Å². The van der Waals surface area contributed by atoms with Crippen LogP contribution in [0.2, 0.25) is 0 Å². The van der Waals surface area contributed by atoms with Crippen LogP contribution in [-0.4, -0.2) is 45.3 Å². The summed E-state index contributed by atoms with van der Waals surface area (Å²) in [5.41, 5.74) is 0. The summed E-state index contributed by atoms with van der Waals surface area (Å²) in [6.45, 7) is 0.851. The van der Waals surface area contributed by atoms with Gasteiger partial charge in [-0.3, -0.25) is 4.79 Å². The Morgan fingerprint density at radius 2 is 2.26 bits per heavy atom. The fraction of sp³-hybridized carbons (Fsp3) is 0.400. The summed E-state index contributed by atoms with van der Waals surface area (Å²) in [7, 11) is 0. The molecule has 1 fully saturated rings. The molecule has 0 aliphatic carbocycles. The van der Waals surface area contributed by atoms with Gasteiger partial charge in [-0.25, -0.2) is 18.4 Å². The molecule has 1 atom stereocenters. The lowest BCUT2D eigenvalue weighted by Crippen LogP contribution is -2.43. The average molecular weight is 322 g/mol. The molecule has 0 N–H and O–H groups in total. The quantitative estimate of drug-likeness (QED) is 0.861. The highest BCUT2D eigenvalue weighted by Crippen LogP contribution is 2.21. The predicted molar refractivity (Wildman–Crippen MR) is 76.7 cm³/mol. The third kappa shape index (κ3) is 3.64. The van der Waals surface area contributed by atoms with Crippen LogP contribution in [0.15, 0.2) is 30.9 Å². The molecule has 1 aromatic heterocycles. The zero-order chi connectivity index (χ0) is 16.2. The van der Waals surface area contributed by atoms with Crippen LogP contribution in [0.25, 0.3) is 0 Å². The molecular weight excluding hydrogens is 306 g/mol. The van der Waals surface area contributed by atoms with E-state index in [4.69, 9.17) is 4.74 Å². The number of amides is 1. The number of carbonyl (C=O) groups excluding carboxylic acids is 1. The first-order chi connectivity index (χ1) is 11.1. The fourth-order valence-corrected chi connectivity index (χ4v) is 2.63. The Kier molecular flexibility index (Phi) is 4.50. The molecule has 1 amide bonds. The molecule has 6 nitrogen and oxygen atoms in total. The standard InChI is InChI=1S/C15H16F2N4O2/c16-11-3-4-14(13(17)6-11)23-8-15(22)20-5-1-2-12(7-20)21-10-18-9-19-21/h3-4,6,9-10,12H,1-2,5,7-8H2. The molecule has 122 valence electrons. The van der Waals surface area contributed by atoms with Gasteiger partial charge in [-0.15, -0.1) is 0 Å². The van der Waals surface area contributed by atoms with Crippen molar-refractivity contribution in [3.63, 3.8) is 0 Å². The van der Waals surface area contributed by atoms with Crippen LogP contribution in [-0.2, 0) is 4.79 Å². The van der Waals surface area contributed by atoms with Gasteiger partial charge in [0, 0.05) is 19.2 Å². The lowest BCUT2D eigenvalue weighted by Gasteiger charge is -2.32. The van der Waals surface area contributed by atoms with Crippen molar-refractivity contribution >= 4 is 5.91 Å². The van der Waals surface area contributed by atoms with E-state index in [-0.39, 0.29) is 24.3 Å². The van der Waals surface area contributed by atoms with Crippen LogP contribution in [0.5, 0.6) is 5.75 Å². The van der Waals surface area contributed by atoms with E-state index in [1.54, 1.807) is 15.9 Å². The van der Waals surface area contributed by atoms with E-state index in [2.05, 4.69) is 10.1 Å². The SMILES string of the molecule is O=C(COc1ccc(F)cc1F)N1CCCC(n2cncn2)C1. The Labute approximate surface area is 131 Å². The van der Waals surface area contributed by atoms with Gasteiger partial charge in [0.1, 0.15) is 18.5 Å². The number of piperidine rings is 1. The summed E-state index contributed by atoms with van der Waals surface area (Å²) in [4.78, 5) is 17.8. The zero-order valence-corrected chi connectivity index (χ0v) is 12.4. The van der Waals surface area contributed by atoms with Crippen LogP contribution < -0.4 is 4.74 Å². The van der Waals surface area contributed by atoms with Crippen molar-refractivity contribution in [1.29, 1.82) is 0 Å². The van der Waals surface area contributed by atoms with Crippen molar-refractivity contribution < 1.29 is 18.3 Å². The topological polar surface area (TPSA) is 60.2 Å². The molecule has 0 spiro atoms. The van der Waals surface area contributed by atoms with Crippen molar-refractivity contribution in [3.8, 4) is 5.75 Å². The predicted octanol–water partition coefficient (Wildman–Crippen LogP) is 1.80. The maximum atomic E-state index is 13.5. The van der Waals surface area contributed by atoms with Crippen LogP contribution in [0.3, 0.4) is 0 Å². The molecule has 23 heavy (non-hydrogen) atoms. The number of hydrogen-bond donors (Lipinski definition) is 0. The van der Waals surface area contributed by atoms with Crippen LogP contribution in [0.1, 0.15) is 18.9 Å². The Morgan fingerprint density at radius 3 is 3.00 bits per heavy atom. The van der Waals surface area contributed by atoms with Gasteiger partial charge in [0.25, 0.3) is 5.91 Å². The monoisotopic (exact) mass is 322 g/mol. The second-order valence-corrected chi connectivity index (χ2v) is 5.37. The molecular formula is C15H16F2N4O2. The van der Waals surface area contributed by atoms with Gasteiger partial charge in [0.15, 0.2) is 18.2 Å². The highest BCUT2D eigenvalue weighted by Gasteiger charge is 2.25. The summed E-state index contributed by atoms with van der Waals surface area (Å²) in [6, 6.07) is 3.07. The third-order valence-electron chi connectivity index (χ3n) is 3.81. The number of nitrogens with zero attached hydrogens (tertiary/aromatic N) is 4. The summed E-state index contributed by atoms with van der Waals surface area (Å²) < 4.78 is 33.2. The van der Waals surface area contributed by atoms with Gasteiger partial charge in [0.2, 0.25) is 0 Å². The highest BCUT2D eigenvalue weighted by molar-refractivity contribution is 5.77. The minimum Gasteiger partial charge on any atom is -0.481 e. The van der Waals surface area contributed by atoms with E-state index in [1.165, 1.54) is 12.4 Å². The molecule has 1 aliphatic heterocycles. The van der Waals surface area contributed by atoms with Crippen LogP contribution in [0, 0.1) is 11.6 Å². The van der Waals surface area contributed by atoms with E-state index >= 15 is 0 Å². The fourth-order valence-electron chi connectivity index (χ4n) is 2.63. The van der Waals surface area contributed by atoms with Gasteiger partial charge < -0.3 is 9.64 Å². The minimum absolute atomic E-state index is 0.0813. The van der Waals surface area contributed by atoms with Gasteiger partial charge in [-0.2, -0.15) is 5.10 Å². The lowest BCUT2D eigenvalue weighted by molar-refractivity contribution is -0.135. The van der Waals surface area contributed by atoms with E-state index in [9.17, 15) is 13.6 Å². The third-order valence-corrected chi connectivity index (χ3v) is 3.81. The largest absolute Gasteiger partial charge is 0.481 e. The smallest absolute Gasteiger partial charge is 0.260 e. The van der Waals surface area contributed by atoms with Gasteiger partial charge in [0.05, 0.1) is 6.04 Å². The first kappa shape index (κ1) is 15.4. The van der Waals surface area contributed by atoms with Crippen molar-refractivity contribution in [2.24, 2.45) is 0 Å². The van der Waals surface area contributed by atoms with Gasteiger partial charge in [-0.1, -0.05) is 0 Å². The first-order valence-electron chi connectivity index (χ1n) is 7.33. The van der Waals surface area contributed by atoms with Gasteiger partial charge >= 0.3 is 0 Å². The number of halogens is 2. The van der Waals surface area contributed by atoms with Gasteiger partial charge in [-0.05, 0) is 25.0 Å². The number of likely N-dealkylation sites (tertiary alicyclic amines) is 1. The van der Waals surface area contributed by atoms with Crippen LogP contribution in [0.4, 0.5) is 8.78 Å². The second-order valence-electron chi connectivity index (χ2n) is 5.37. The molecule has 8 heteroatoms. The van der Waals surface area contributed by atoms with Crippen molar-refractivity contribution in [3.05, 3.63) is 42.5 Å². The maximum absolute atomic E-state index is 13.5. The maximum Gasteiger partial charge on any atom is 0.260 e.